The second-order valence-corrected chi connectivity index (χ2v) is 10.9. The molecule has 0 aliphatic rings. The van der Waals surface area contributed by atoms with E-state index in [1.54, 1.807) is 0 Å². The summed E-state index contributed by atoms with van der Waals surface area (Å²) in [7, 11) is -3.27. The van der Waals surface area contributed by atoms with E-state index in [9.17, 15) is 0 Å². The van der Waals surface area contributed by atoms with Gasteiger partial charge in [0.15, 0.2) is 7.14 Å². The van der Waals surface area contributed by atoms with Crippen LogP contribution in [0.4, 0.5) is 0 Å². The minimum Gasteiger partial charge on any atom is -0.308 e. The summed E-state index contributed by atoms with van der Waals surface area (Å²) >= 11 is 0. The van der Waals surface area contributed by atoms with Gasteiger partial charge < -0.3 is 4.57 Å². The largest absolute Gasteiger partial charge is 0.308 e. The quantitative estimate of drug-likeness (QED) is 0.184. The molecule has 0 radical (unpaired) electrons. The summed E-state index contributed by atoms with van der Waals surface area (Å²) < 4.78 is 15.4. The molecule has 35 heavy (non-hydrogen) atoms. The third kappa shape index (κ3) is 4.75. The Hall–Kier alpha value is -4.15. The maximum atomic E-state index is 15.4. The van der Waals surface area contributed by atoms with E-state index in [0.29, 0.717) is 5.31 Å². The lowest BCUT2D eigenvalue weighted by atomic mass is 9.98. The third-order valence-corrected chi connectivity index (χ3v) is 9.02. The van der Waals surface area contributed by atoms with Gasteiger partial charge in [0.1, 0.15) is 0 Å². The Labute approximate surface area is 207 Å². The highest BCUT2D eigenvalue weighted by atomic mass is 31.2. The maximum Gasteiger partial charge on any atom is 0.179 e. The summed E-state index contributed by atoms with van der Waals surface area (Å²) in [4.78, 5) is 0. The Balaban J connectivity index is 1.94. The van der Waals surface area contributed by atoms with Gasteiger partial charge in [-0.15, -0.1) is 0 Å². The lowest BCUT2D eigenvalue weighted by molar-refractivity contribution is 0.593. The molecule has 0 bridgehead atoms. The molecule has 0 spiro atoms. The lowest BCUT2D eigenvalue weighted by Crippen LogP contribution is -2.16. The molecule has 0 unspecified atom stereocenters. The molecule has 0 aliphatic carbocycles. The van der Waals surface area contributed by atoms with E-state index in [1.165, 1.54) is 0 Å². The lowest BCUT2D eigenvalue weighted by Gasteiger charge is -2.22. The van der Waals surface area contributed by atoms with Crippen LogP contribution in [0.2, 0.25) is 0 Å². The third-order valence-electron chi connectivity index (χ3n) is 5.97. The monoisotopic (exact) mass is 468 g/mol. The Kier molecular flexibility index (Phi) is 6.73. The molecular formula is C33H25OP. The first kappa shape index (κ1) is 22.6. The molecule has 0 atom stereocenters. The minimum absolute atomic E-state index is 0.693. The first-order chi connectivity index (χ1) is 17.3. The van der Waals surface area contributed by atoms with Gasteiger partial charge in [0.2, 0.25) is 0 Å². The van der Waals surface area contributed by atoms with Gasteiger partial charge in [-0.25, -0.2) is 0 Å². The fourth-order valence-corrected chi connectivity index (χ4v) is 7.03. The van der Waals surface area contributed by atoms with Gasteiger partial charge in [0.05, 0.1) is 5.31 Å². The molecule has 0 heterocycles. The van der Waals surface area contributed by atoms with E-state index in [4.69, 9.17) is 0 Å². The highest BCUT2D eigenvalue weighted by Gasteiger charge is 2.33. The average Bonchev–Trinajstić information content (AvgIpc) is 2.95. The summed E-state index contributed by atoms with van der Waals surface area (Å²) in [6.45, 7) is 0. The smallest absolute Gasteiger partial charge is 0.179 e. The van der Waals surface area contributed by atoms with Crippen LogP contribution in [0.25, 0.3) is 10.9 Å². The maximum absolute atomic E-state index is 15.4. The summed E-state index contributed by atoms with van der Waals surface area (Å²) in [5.41, 5.74) is 7.58. The summed E-state index contributed by atoms with van der Waals surface area (Å²) in [6, 6.07) is 50.0. The van der Waals surface area contributed by atoms with Crippen molar-refractivity contribution in [2.45, 2.75) is 0 Å². The van der Waals surface area contributed by atoms with Gasteiger partial charge in [-0.05, 0) is 16.7 Å². The van der Waals surface area contributed by atoms with Crippen LogP contribution >= 0.6 is 7.14 Å². The molecule has 0 amide bonds. The van der Waals surface area contributed by atoms with E-state index in [1.807, 2.05) is 127 Å². The molecular weight excluding hydrogens is 443 g/mol. The second kappa shape index (κ2) is 10.4. The first-order valence-corrected chi connectivity index (χ1v) is 13.4. The second-order valence-electron chi connectivity index (χ2n) is 8.23. The molecule has 0 saturated carbocycles. The fourth-order valence-electron chi connectivity index (χ4n) is 4.25. The number of hydrogen-bond donors (Lipinski definition) is 0. The van der Waals surface area contributed by atoms with Gasteiger partial charge in [0, 0.05) is 16.2 Å². The Morgan fingerprint density at radius 2 is 0.743 bits per heavy atom. The van der Waals surface area contributed by atoms with Gasteiger partial charge in [-0.2, -0.15) is 0 Å². The van der Waals surface area contributed by atoms with Crippen LogP contribution in [0, 0.1) is 0 Å². The van der Waals surface area contributed by atoms with Crippen LogP contribution in [0.3, 0.4) is 0 Å². The van der Waals surface area contributed by atoms with Gasteiger partial charge in [-0.1, -0.05) is 157 Å². The van der Waals surface area contributed by atoms with Crippen molar-refractivity contribution in [1.29, 1.82) is 0 Å². The number of rotatable bonds is 6. The van der Waals surface area contributed by atoms with E-state index in [2.05, 4.69) is 30.0 Å². The summed E-state index contributed by atoms with van der Waals surface area (Å²) in [5, 5.41) is 2.27. The minimum atomic E-state index is -3.27. The first-order valence-electron chi connectivity index (χ1n) is 11.7. The summed E-state index contributed by atoms with van der Waals surface area (Å²) in [5.74, 6) is 0. The molecule has 5 rings (SSSR count). The SMILES string of the molecule is O=P(C(=C=C(c1ccccc1)c1ccccc1)c1ccccc1)(c1ccccc1)c1ccccc1. The van der Waals surface area contributed by atoms with Crippen molar-refractivity contribution in [3.63, 3.8) is 0 Å². The number of hydrogen-bond acceptors (Lipinski definition) is 1. The fraction of sp³-hybridized carbons (Fsp3) is 0. The van der Waals surface area contributed by atoms with Crippen LogP contribution in [-0.4, -0.2) is 0 Å². The number of benzene rings is 5. The Morgan fingerprint density at radius 1 is 0.429 bits per heavy atom. The highest BCUT2D eigenvalue weighted by molar-refractivity contribution is 7.87. The zero-order valence-corrected chi connectivity index (χ0v) is 20.2. The van der Waals surface area contributed by atoms with Crippen molar-refractivity contribution in [1.82, 2.24) is 0 Å². The molecule has 0 aliphatic heterocycles. The molecule has 5 aromatic carbocycles. The topological polar surface area (TPSA) is 17.1 Å². The highest BCUT2D eigenvalue weighted by Crippen LogP contribution is 2.56. The van der Waals surface area contributed by atoms with Crippen molar-refractivity contribution >= 4 is 28.6 Å². The van der Waals surface area contributed by atoms with Crippen LogP contribution in [0.1, 0.15) is 16.7 Å². The normalized spacial score (nSPS) is 10.9. The van der Waals surface area contributed by atoms with Crippen molar-refractivity contribution in [3.05, 3.63) is 174 Å². The molecule has 0 N–H and O–H groups in total. The standard InChI is InChI=1S/C33H25OP/c34-35(30-22-12-4-13-23-30,31-24-14-5-15-25-31)33(29-20-10-3-11-21-29)26-32(27-16-6-1-7-17-27)28-18-8-2-9-19-28/h1-25H. The Morgan fingerprint density at radius 3 is 1.11 bits per heavy atom. The predicted molar refractivity (Wildman–Crippen MR) is 149 cm³/mol. The van der Waals surface area contributed by atoms with Crippen molar-refractivity contribution < 1.29 is 4.57 Å². The Bertz CT molecular complexity index is 1420. The average molecular weight is 469 g/mol. The van der Waals surface area contributed by atoms with Gasteiger partial charge in [-0.3, -0.25) is 0 Å². The predicted octanol–water partition coefficient (Wildman–Crippen LogP) is 7.77. The zero-order chi connectivity index (χ0) is 23.9. The molecule has 0 saturated heterocycles. The molecule has 5 aromatic rings. The summed E-state index contributed by atoms with van der Waals surface area (Å²) in [6.07, 6.45) is 0. The van der Waals surface area contributed by atoms with E-state index >= 15 is 4.57 Å². The molecule has 1 nitrogen and oxygen atoms in total. The van der Waals surface area contributed by atoms with Crippen LogP contribution in [0.5, 0.6) is 0 Å². The van der Waals surface area contributed by atoms with Crippen LogP contribution in [0.15, 0.2) is 157 Å². The van der Waals surface area contributed by atoms with Crippen LogP contribution < -0.4 is 10.6 Å². The molecule has 0 fully saturated rings. The van der Waals surface area contributed by atoms with Crippen LogP contribution in [-0.2, 0) is 4.57 Å². The van der Waals surface area contributed by atoms with Gasteiger partial charge >= 0.3 is 0 Å². The van der Waals surface area contributed by atoms with Crippen molar-refractivity contribution in [2.24, 2.45) is 0 Å². The molecule has 0 aromatic heterocycles. The molecule has 2 heteroatoms. The van der Waals surface area contributed by atoms with E-state index in [-0.39, 0.29) is 0 Å². The van der Waals surface area contributed by atoms with E-state index in [0.717, 1.165) is 32.9 Å². The van der Waals surface area contributed by atoms with Gasteiger partial charge in [0.25, 0.3) is 0 Å². The molecule has 168 valence electrons. The van der Waals surface area contributed by atoms with Crippen molar-refractivity contribution in [3.8, 4) is 0 Å². The van der Waals surface area contributed by atoms with E-state index < -0.39 is 7.14 Å². The zero-order valence-electron chi connectivity index (χ0n) is 19.3. The van der Waals surface area contributed by atoms with Crippen molar-refractivity contribution in [2.75, 3.05) is 0 Å².